The molecule has 0 fully saturated rings. The molecule has 7 nitrogen and oxygen atoms in total. The van der Waals surface area contributed by atoms with Crippen molar-refractivity contribution in [3.05, 3.63) is 66.5 Å². The maximum atomic E-state index is 5.80. The summed E-state index contributed by atoms with van der Waals surface area (Å²) >= 11 is 1.66. The quantitative estimate of drug-likeness (QED) is 0.390. The van der Waals surface area contributed by atoms with E-state index in [0.29, 0.717) is 11.5 Å². The van der Waals surface area contributed by atoms with Crippen molar-refractivity contribution in [1.29, 1.82) is 0 Å². The molecular weight excluding hydrogens is 396 g/mol. The second-order valence-corrected chi connectivity index (χ2v) is 7.60. The van der Waals surface area contributed by atoms with Crippen molar-refractivity contribution in [3.63, 3.8) is 0 Å². The Kier molecular flexibility index (Phi) is 6.34. The van der Waals surface area contributed by atoms with Crippen molar-refractivity contribution in [2.45, 2.75) is 32.2 Å². The van der Waals surface area contributed by atoms with Gasteiger partial charge in [0.2, 0.25) is 0 Å². The van der Waals surface area contributed by atoms with Crippen molar-refractivity contribution in [2.24, 2.45) is 0 Å². The summed E-state index contributed by atoms with van der Waals surface area (Å²) in [6, 6.07) is 20.0. The second kappa shape index (κ2) is 9.49. The molecule has 0 aliphatic heterocycles. The van der Waals surface area contributed by atoms with Crippen LogP contribution in [0.1, 0.15) is 19.7 Å². The van der Waals surface area contributed by atoms with Gasteiger partial charge in [0.1, 0.15) is 11.4 Å². The van der Waals surface area contributed by atoms with E-state index in [9.17, 15) is 0 Å². The van der Waals surface area contributed by atoms with Crippen LogP contribution in [0.5, 0.6) is 6.01 Å². The van der Waals surface area contributed by atoms with Crippen LogP contribution in [0.25, 0.3) is 22.5 Å². The molecule has 2 aromatic carbocycles. The van der Waals surface area contributed by atoms with Crippen LogP contribution in [-0.4, -0.2) is 35.7 Å². The van der Waals surface area contributed by atoms with Crippen molar-refractivity contribution >= 4 is 11.8 Å². The highest BCUT2D eigenvalue weighted by Crippen LogP contribution is 2.29. The molecule has 0 saturated carbocycles. The minimum atomic E-state index is 0.185. The molecule has 152 valence electrons. The first kappa shape index (κ1) is 20.0. The number of nitrogens with zero attached hydrogens (tertiary/aromatic N) is 6. The van der Waals surface area contributed by atoms with E-state index in [-0.39, 0.29) is 12.6 Å². The molecule has 0 spiro atoms. The molecular formula is C22H22N6OS. The van der Waals surface area contributed by atoms with Crippen molar-refractivity contribution in [1.82, 2.24) is 29.9 Å². The topological polar surface area (TPSA) is 78.6 Å². The van der Waals surface area contributed by atoms with Gasteiger partial charge in [0.05, 0.1) is 0 Å². The molecule has 0 bridgehead atoms. The van der Waals surface area contributed by atoms with Gasteiger partial charge in [-0.15, -0.1) is 5.10 Å². The molecule has 4 rings (SSSR count). The van der Waals surface area contributed by atoms with Crippen LogP contribution in [0, 0.1) is 0 Å². The SMILES string of the molecule is CCSc1nc(COc2nnc(-c3ccccc3)c(-c3ccccc3)n2)nn1CC. The van der Waals surface area contributed by atoms with E-state index in [2.05, 4.69) is 32.2 Å². The number of rotatable bonds is 8. The van der Waals surface area contributed by atoms with E-state index in [0.717, 1.165) is 34.3 Å². The molecule has 0 unspecified atom stereocenters. The Morgan fingerprint density at radius 3 is 2.13 bits per heavy atom. The molecule has 8 heteroatoms. The minimum Gasteiger partial charge on any atom is -0.454 e. The zero-order chi connectivity index (χ0) is 20.8. The summed E-state index contributed by atoms with van der Waals surface area (Å²) in [5.41, 5.74) is 3.34. The van der Waals surface area contributed by atoms with Gasteiger partial charge < -0.3 is 4.74 Å². The fourth-order valence-electron chi connectivity index (χ4n) is 2.96. The van der Waals surface area contributed by atoms with E-state index in [1.54, 1.807) is 11.8 Å². The van der Waals surface area contributed by atoms with Crippen LogP contribution in [0.2, 0.25) is 0 Å². The van der Waals surface area contributed by atoms with Gasteiger partial charge in [0.15, 0.2) is 17.6 Å². The number of thioether (sulfide) groups is 1. The zero-order valence-corrected chi connectivity index (χ0v) is 17.7. The molecule has 0 aliphatic rings. The third-order valence-electron chi connectivity index (χ3n) is 4.35. The van der Waals surface area contributed by atoms with E-state index >= 15 is 0 Å². The molecule has 2 heterocycles. The Bertz CT molecular complexity index is 1100. The maximum Gasteiger partial charge on any atom is 0.336 e. The molecule has 30 heavy (non-hydrogen) atoms. The van der Waals surface area contributed by atoms with E-state index in [1.807, 2.05) is 72.3 Å². The van der Waals surface area contributed by atoms with Gasteiger partial charge in [-0.3, -0.25) is 0 Å². The maximum absolute atomic E-state index is 5.80. The van der Waals surface area contributed by atoms with Gasteiger partial charge in [-0.2, -0.15) is 10.1 Å². The Hall–Kier alpha value is -3.26. The molecule has 0 atom stereocenters. The highest BCUT2D eigenvalue weighted by atomic mass is 32.2. The molecule has 0 N–H and O–H groups in total. The van der Waals surface area contributed by atoms with Crippen molar-refractivity contribution < 1.29 is 4.74 Å². The Labute approximate surface area is 179 Å². The highest BCUT2D eigenvalue weighted by Gasteiger charge is 2.15. The Balaban J connectivity index is 1.62. The lowest BCUT2D eigenvalue weighted by Gasteiger charge is -2.09. The number of hydrogen-bond acceptors (Lipinski definition) is 7. The van der Waals surface area contributed by atoms with Gasteiger partial charge in [-0.25, -0.2) is 9.67 Å². The van der Waals surface area contributed by atoms with Gasteiger partial charge in [-0.05, 0) is 12.7 Å². The van der Waals surface area contributed by atoms with E-state index < -0.39 is 0 Å². The monoisotopic (exact) mass is 418 g/mol. The lowest BCUT2D eigenvalue weighted by molar-refractivity contribution is 0.267. The average molecular weight is 419 g/mol. The predicted octanol–water partition coefficient (Wildman–Crippen LogP) is 4.51. The second-order valence-electron chi connectivity index (χ2n) is 6.37. The summed E-state index contributed by atoms with van der Waals surface area (Å²) < 4.78 is 7.68. The van der Waals surface area contributed by atoms with E-state index in [4.69, 9.17) is 4.74 Å². The number of hydrogen-bond donors (Lipinski definition) is 0. The van der Waals surface area contributed by atoms with Crippen LogP contribution in [0.4, 0.5) is 0 Å². The lowest BCUT2D eigenvalue weighted by atomic mass is 10.0. The largest absolute Gasteiger partial charge is 0.454 e. The fourth-order valence-corrected chi connectivity index (χ4v) is 3.71. The smallest absolute Gasteiger partial charge is 0.336 e. The zero-order valence-electron chi connectivity index (χ0n) is 16.9. The lowest BCUT2D eigenvalue weighted by Crippen LogP contribution is -2.05. The Morgan fingerprint density at radius 2 is 1.50 bits per heavy atom. The average Bonchev–Trinajstić information content (AvgIpc) is 3.21. The normalized spacial score (nSPS) is 10.9. The highest BCUT2D eigenvalue weighted by molar-refractivity contribution is 7.99. The number of aromatic nitrogens is 6. The van der Waals surface area contributed by atoms with Crippen LogP contribution < -0.4 is 4.74 Å². The standard InChI is InChI=1S/C22H22N6OS/c1-3-28-22(30-4-2)23-18(27-28)15-29-21-24-19(16-11-7-5-8-12-16)20(25-26-21)17-13-9-6-10-14-17/h5-14H,3-4,15H2,1-2H3. The predicted molar refractivity (Wildman–Crippen MR) is 117 cm³/mol. The number of aryl methyl sites for hydroxylation is 1. The van der Waals surface area contributed by atoms with Crippen LogP contribution in [-0.2, 0) is 13.2 Å². The minimum absolute atomic E-state index is 0.185. The third-order valence-corrected chi connectivity index (χ3v) is 5.20. The van der Waals surface area contributed by atoms with Gasteiger partial charge >= 0.3 is 6.01 Å². The molecule has 0 saturated heterocycles. The van der Waals surface area contributed by atoms with Gasteiger partial charge in [-0.1, -0.05) is 84.4 Å². The molecule has 0 aliphatic carbocycles. The van der Waals surface area contributed by atoms with Gasteiger partial charge in [0, 0.05) is 17.7 Å². The molecule has 4 aromatic rings. The van der Waals surface area contributed by atoms with E-state index in [1.165, 1.54) is 0 Å². The summed E-state index contributed by atoms with van der Waals surface area (Å²) in [5.74, 6) is 1.54. The summed E-state index contributed by atoms with van der Waals surface area (Å²) in [7, 11) is 0. The number of benzene rings is 2. The number of ether oxygens (including phenoxy) is 1. The van der Waals surface area contributed by atoms with Crippen LogP contribution in [0.15, 0.2) is 65.8 Å². The van der Waals surface area contributed by atoms with Gasteiger partial charge in [0.25, 0.3) is 0 Å². The van der Waals surface area contributed by atoms with Crippen molar-refractivity contribution in [3.8, 4) is 28.5 Å². The first-order valence-electron chi connectivity index (χ1n) is 9.83. The summed E-state index contributed by atoms with van der Waals surface area (Å²) in [4.78, 5) is 9.20. The third kappa shape index (κ3) is 4.49. The summed E-state index contributed by atoms with van der Waals surface area (Å²) in [6.07, 6.45) is 0. The summed E-state index contributed by atoms with van der Waals surface area (Å²) in [5, 5.41) is 14.0. The summed E-state index contributed by atoms with van der Waals surface area (Å²) in [6.45, 7) is 5.08. The first-order valence-corrected chi connectivity index (χ1v) is 10.8. The molecule has 0 amide bonds. The molecule has 2 aromatic heterocycles. The van der Waals surface area contributed by atoms with Crippen molar-refractivity contribution in [2.75, 3.05) is 5.75 Å². The fraction of sp³-hybridized carbons (Fsp3) is 0.227. The van der Waals surface area contributed by atoms with Crippen LogP contribution >= 0.6 is 11.8 Å². The molecule has 0 radical (unpaired) electrons. The Morgan fingerprint density at radius 1 is 0.833 bits per heavy atom. The first-order chi connectivity index (χ1) is 14.8. The van der Waals surface area contributed by atoms with Crippen LogP contribution in [0.3, 0.4) is 0 Å².